The van der Waals surface area contributed by atoms with E-state index in [9.17, 15) is 9.59 Å². The van der Waals surface area contributed by atoms with Crippen molar-refractivity contribution in [3.8, 4) is 11.5 Å². The first-order valence-electron chi connectivity index (χ1n) is 9.86. The highest BCUT2D eigenvalue weighted by Gasteiger charge is 2.09. The number of carbonyl (C=O) groups excluding carboxylic acids is 2. The molecular formula is C24H28O5. The van der Waals surface area contributed by atoms with Crippen LogP contribution in [0.4, 0.5) is 0 Å². The molecule has 0 amide bonds. The molecule has 0 saturated heterocycles. The van der Waals surface area contributed by atoms with Crippen LogP contribution >= 0.6 is 0 Å². The van der Waals surface area contributed by atoms with Crippen molar-refractivity contribution in [2.45, 2.75) is 39.5 Å². The predicted molar refractivity (Wildman–Crippen MR) is 112 cm³/mol. The molecule has 0 aromatic heterocycles. The van der Waals surface area contributed by atoms with Crippen molar-refractivity contribution in [3.63, 3.8) is 0 Å². The molecule has 5 heteroatoms. The Balaban J connectivity index is 1.68. The Kier molecular flexibility index (Phi) is 8.96. The van der Waals surface area contributed by atoms with Crippen LogP contribution in [0.2, 0.25) is 0 Å². The fraction of sp³-hybridized carbons (Fsp3) is 0.333. The lowest BCUT2D eigenvalue weighted by Crippen LogP contribution is -2.08. The van der Waals surface area contributed by atoms with E-state index in [2.05, 4.69) is 13.5 Å². The molecule has 0 aliphatic heterocycles. The average Bonchev–Trinajstić information content (AvgIpc) is 2.73. The van der Waals surface area contributed by atoms with Crippen LogP contribution in [0.5, 0.6) is 11.5 Å². The van der Waals surface area contributed by atoms with Crippen LogP contribution in [0.3, 0.4) is 0 Å². The maximum absolute atomic E-state index is 12.2. The normalized spacial score (nSPS) is 10.3. The van der Waals surface area contributed by atoms with Crippen molar-refractivity contribution in [2.75, 3.05) is 13.2 Å². The predicted octanol–water partition coefficient (Wildman–Crippen LogP) is 5.14. The summed E-state index contributed by atoms with van der Waals surface area (Å²) in [4.78, 5) is 23.5. The molecule has 0 fully saturated rings. The number of aryl methyl sites for hydroxylation is 1. The minimum atomic E-state index is -0.398. The van der Waals surface area contributed by atoms with Crippen LogP contribution in [0.15, 0.2) is 60.7 Å². The van der Waals surface area contributed by atoms with Crippen molar-refractivity contribution in [1.82, 2.24) is 0 Å². The highest BCUT2D eigenvalue weighted by Crippen LogP contribution is 2.17. The monoisotopic (exact) mass is 396 g/mol. The molecule has 2 rings (SSSR count). The fourth-order valence-electron chi connectivity index (χ4n) is 2.51. The first kappa shape index (κ1) is 22.2. The Morgan fingerprint density at radius 3 is 2.10 bits per heavy atom. The van der Waals surface area contributed by atoms with E-state index in [1.807, 2.05) is 12.1 Å². The standard InChI is InChI=1S/C24H28O5/c1-4-19-8-12-22(13-9-19)29-24(26)20-10-14-21(15-11-20)27-16-6-5-7-17-28-23(25)18(2)3/h8-15H,2,4-7,16-17H2,1,3H3. The van der Waals surface area contributed by atoms with E-state index in [4.69, 9.17) is 14.2 Å². The van der Waals surface area contributed by atoms with E-state index in [1.54, 1.807) is 43.3 Å². The summed E-state index contributed by atoms with van der Waals surface area (Å²) in [6, 6.07) is 14.4. The SMILES string of the molecule is C=C(C)C(=O)OCCCCCOc1ccc(C(=O)Oc2ccc(CC)cc2)cc1. The minimum absolute atomic E-state index is 0.349. The number of carbonyl (C=O) groups is 2. The molecule has 5 nitrogen and oxygen atoms in total. The number of hydrogen-bond donors (Lipinski definition) is 0. The molecule has 0 atom stereocenters. The summed E-state index contributed by atoms with van der Waals surface area (Å²) >= 11 is 0. The van der Waals surface area contributed by atoms with Gasteiger partial charge in [-0.2, -0.15) is 0 Å². The molecule has 0 unspecified atom stereocenters. The molecule has 0 spiro atoms. The van der Waals surface area contributed by atoms with Gasteiger partial charge in [-0.3, -0.25) is 0 Å². The molecule has 0 N–H and O–H groups in total. The largest absolute Gasteiger partial charge is 0.494 e. The average molecular weight is 396 g/mol. The molecule has 0 aliphatic rings. The molecule has 154 valence electrons. The van der Waals surface area contributed by atoms with Gasteiger partial charge in [0.2, 0.25) is 0 Å². The van der Waals surface area contributed by atoms with E-state index in [0.717, 1.165) is 25.7 Å². The number of esters is 2. The molecule has 2 aromatic carbocycles. The second kappa shape index (κ2) is 11.7. The first-order chi connectivity index (χ1) is 14.0. The molecule has 29 heavy (non-hydrogen) atoms. The lowest BCUT2D eigenvalue weighted by Gasteiger charge is -2.08. The van der Waals surface area contributed by atoms with E-state index >= 15 is 0 Å². The number of rotatable bonds is 11. The molecule has 0 radical (unpaired) electrons. The highest BCUT2D eigenvalue weighted by molar-refractivity contribution is 5.91. The first-order valence-corrected chi connectivity index (χ1v) is 9.86. The van der Waals surface area contributed by atoms with Gasteiger partial charge in [-0.1, -0.05) is 25.6 Å². The smallest absolute Gasteiger partial charge is 0.343 e. The van der Waals surface area contributed by atoms with Gasteiger partial charge < -0.3 is 14.2 Å². The minimum Gasteiger partial charge on any atom is -0.494 e. The Morgan fingerprint density at radius 1 is 0.862 bits per heavy atom. The fourth-order valence-corrected chi connectivity index (χ4v) is 2.51. The molecular weight excluding hydrogens is 368 g/mol. The van der Waals surface area contributed by atoms with Gasteiger partial charge in [0, 0.05) is 5.57 Å². The van der Waals surface area contributed by atoms with Crippen LogP contribution in [-0.2, 0) is 16.0 Å². The third-order valence-electron chi connectivity index (χ3n) is 4.27. The van der Waals surface area contributed by atoms with Gasteiger partial charge in [0.25, 0.3) is 0 Å². The van der Waals surface area contributed by atoms with Crippen molar-refractivity contribution < 1.29 is 23.8 Å². The Morgan fingerprint density at radius 2 is 1.48 bits per heavy atom. The van der Waals surface area contributed by atoms with E-state index < -0.39 is 5.97 Å². The second-order valence-corrected chi connectivity index (χ2v) is 6.74. The number of hydrogen-bond acceptors (Lipinski definition) is 5. The van der Waals surface area contributed by atoms with Crippen LogP contribution in [0.25, 0.3) is 0 Å². The summed E-state index contributed by atoms with van der Waals surface area (Å²) in [7, 11) is 0. The van der Waals surface area contributed by atoms with Gasteiger partial charge in [-0.25, -0.2) is 9.59 Å². The Bertz CT molecular complexity index is 806. The summed E-state index contributed by atoms with van der Waals surface area (Å²) < 4.78 is 16.1. The van der Waals surface area contributed by atoms with Crippen LogP contribution in [0.1, 0.15) is 49.0 Å². The Hall–Kier alpha value is -3.08. The van der Waals surface area contributed by atoms with E-state index in [1.165, 1.54) is 5.56 Å². The van der Waals surface area contributed by atoms with Gasteiger partial charge in [0.15, 0.2) is 0 Å². The van der Waals surface area contributed by atoms with Gasteiger partial charge in [-0.15, -0.1) is 0 Å². The molecule has 0 heterocycles. The number of ether oxygens (including phenoxy) is 3. The lowest BCUT2D eigenvalue weighted by atomic mass is 10.2. The van der Waals surface area contributed by atoms with E-state index in [-0.39, 0.29) is 5.97 Å². The number of unbranched alkanes of at least 4 members (excludes halogenated alkanes) is 2. The van der Waals surface area contributed by atoms with Gasteiger partial charge in [0.05, 0.1) is 18.8 Å². The van der Waals surface area contributed by atoms with Crippen LogP contribution < -0.4 is 9.47 Å². The van der Waals surface area contributed by atoms with Gasteiger partial charge in [-0.05, 0) is 74.6 Å². The van der Waals surface area contributed by atoms with Gasteiger partial charge in [0.1, 0.15) is 11.5 Å². The zero-order valence-corrected chi connectivity index (χ0v) is 17.1. The van der Waals surface area contributed by atoms with Crippen molar-refractivity contribution in [2.24, 2.45) is 0 Å². The van der Waals surface area contributed by atoms with Crippen molar-refractivity contribution >= 4 is 11.9 Å². The summed E-state index contributed by atoms with van der Waals surface area (Å²) in [5, 5.41) is 0. The van der Waals surface area contributed by atoms with Gasteiger partial charge >= 0.3 is 11.9 Å². The van der Waals surface area contributed by atoms with Crippen LogP contribution in [-0.4, -0.2) is 25.2 Å². The highest BCUT2D eigenvalue weighted by atomic mass is 16.5. The number of benzene rings is 2. The maximum atomic E-state index is 12.2. The third-order valence-corrected chi connectivity index (χ3v) is 4.27. The summed E-state index contributed by atoms with van der Waals surface area (Å²) in [6.45, 7) is 8.19. The topological polar surface area (TPSA) is 61.8 Å². The Labute approximate surface area is 172 Å². The third kappa shape index (κ3) is 7.82. The van der Waals surface area contributed by atoms with Crippen LogP contribution in [0, 0.1) is 0 Å². The quantitative estimate of drug-likeness (QED) is 0.228. The molecule has 2 aromatic rings. The summed E-state index contributed by atoms with van der Waals surface area (Å²) in [5.74, 6) is 0.479. The van der Waals surface area contributed by atoms with Crippen molar-refractivity contribution in [1.29, 1.82) is 0 Å². The molecule has 0 aliphatic carbocycles. The lowest BCUT2D eigenvalue weighted by molar-refractivity contribution is -0.139. The zero-order chi connectivity index (χ0) is 21.1. The second-order valence-electron chi connectivity index (χ2n) is 6.74. The van der Waals surface area contributed by atoms with E-state index in [0.29, 0.717) is 35.8 Å². The van der Waals surface area contributed by atoms with Crippen molar-refractivity contribution in [3.05, 3.63) is 71.8 Å². The summed E-state index contributed by atoms with van der Waals surface area (Å²) in [5.41, 5.74) is 2.07. The summed E-state index contributed by atoms with van der Waals surface area (Å²) in [6.07, 6.45) is 3.47. The maximum Gasteiger partial charge on any atom is 0.343 e. The molecule has 0 bridgehead atoms. The molecule has 0 saturated carbocycles. The zero-order valence-electron chi connectivity index (χ0n) is 17.1.